The molecule has 0 fully saturated rings. The molecule has 0 bridgehead atoms. The van der Waals surface area contributed by atoms with E-state index in [2.05, 4.69) is 39.8 Å². The smallest absolute Gasteiger partial charge is 0.204 e. The fraction of sp³-hybridized carbons (Fsp3) is 0.333. The summed E-state index contributed by atoms with van der Waals surface area (Å²) < 4.78 is 10.9. The monoisotopic (exact) mass is 554 g/mol. The number of hydrogen-bond donors (Lipinski definition) is 0. The molecule has 2 aromatic carbocycles. The van der Waals surface area contributed by atoms with E-state index < -0.39 is 0 Å². The van der Waals surface area contributed by atoms with Crippen molar-refractivity contribution in [2.24, 2.45) is 11.8 Å². The molecule has 0 atom stereocenters. The molecule has 39 heavy (non-hydrogen) atoms. The summed E-state index contributed by atoms with van der Waals surface area (Å²) in [4.78, 5) is 31.5. The third-order valence-electron chi connectivity index (χ3n) is 8.39. The van der Waals surface area contributed by atoms with Crippen LogP contribution in [0.4, 0.5) is 0 Å². The van der Waals surface area contributed by atoms with E-state index in [1.807, 2.05) is 24.3 Å². The first-order chi connectivity index (χ1) is 18.7. The van der Waals surface area contributed by atoms with Crippen molar-refractivity contribution in [3.05, 3.63) is 68.4 Å². The molecule has 0 spiro atoms. The Balaban J connectivity index is 1.56. The maximum absolute atomic E-state index is 13.7. The second kappa shape index (κ2) is 8.39. The van der Waals surface area contributed by atoms with Crippen LogP contribution in [0.25, 0.3) is 32.0 Å². The van der Waals surface area contributed by atoms with Gasteiger partial charge in [0.2, 0.25) is 11.6 Å². The van der Waals surface area contributed by atoms with Crippen molar-refractivity contribution in [2.45, 2.75) is 46.0 Å². The molecule has 0 aliphatic heterocycles. The van der Waals surface area contributed by atoms with Gasteiger partial charge < -0.3 is 9.47 Å². The van der Waals surface area contributed by atoms with Crippen molar-refractivity contribution in [2.75, 3.05) is 14.2 Å². The van der Waals surface area contributed by atoms with Gasteiger partial charge in [-0.3, -0.25) is 9.59 Å². The number of methoxy groups -OCH3 is 2. The van der Waals surface area contributed by atoms with Crippen LogP contribution < -0.4 is 9.47 Å². The first-order valence-corrected chi connectivity index (χ1v) is 15.1. The van der Waals surface area contributed by atoms with E-state index in [0.29, 0.717) is 23.3 Å². The number of thiophene rings is 2. The molecule has 2 aromatic heterocycles. The first-order valence-electron chi connectivity index (χ1n) is 13.5. The van der Waals surface area contributed by atoms with Crippen LogP contribution in [-0.4, -0.2) is 25.8 Å². The molecule has 2 heterocycles. The second-order valence-electron chi connectivity index (χ2n) is 11.8. The minimum Gasteiger partial charge on any atom is -0.497 e. The summed E-state index contributed by atoms with van der Waals surface area (Å²) in [5.74, 6) is 2.42. The lowest BCUT2D eigenvalue weighted by molar-refractivity contribution is 0.103. The number of carbonyl (C=O) groups is 2. The van der Waals surface area contributed by atoms with Gasteiger partial charge in [0.1, 0.15) is 11.5 Å². The third kappa shape index (κ3) is 3.16. The molecule has 0 amide bonds. The van der Waals surface area contributed by atoms with Crippen molar-refractivity contribution in [1.82, 2.24) is 0 Å². The Kier molecular flexibility index (Phi) is 5.33. The molecule has 198 valence electrons. The summed E-state index contributed by atoms with van der Waals surface area (Å²) in [5.41, 5.74) is 8.03. The molecule has 4 nitrogen and oxygen atoms in total. The quantitative estimate of drug-likeness (QED) is 0.207. The number of rotatable bonds is 6. The van der Waals surface area contributed by atoms with Crippen molar-refractivity contribution in [3.8, 4) is 43.5 Å². The van der Waals surface area contributed by atoms with E-state index in [9.17, 15) is 9.59 Å². The van der Waals surface area contributed by atoms with Crippen molar-refractivity contribution < 1.29 is 19.1 Å². The van der Waals surface area contributed by atoms with Crippen LogP contribution >= 0.6 is 22.7 Å². The molecule has 0 unspecified atom stereocenters. The Morgan fingerprint density at radius 1 is 0.641 bits per heavy atom. The summed E-state index contributed by atoms with van der Waals surface area (Å²) >= 11 is 3.24. The van der Waals surface area contributed by atoms with Gasteiger partial charge in [0.05, 0.1) is 33.7 Å². The van der Waals surface area contributed by atoms with Crippen molar-refractivity contribution in [3.63, 3.8) is 0 Å². The highest BCUT2D eigenvalue weighted by molar-refractivity contribution is 7.25. The summed E-state index contributed by atoms with van der Waals surface area (Å²) in [5, 5.41) is 0. The number of ether oxygens (including phenoxy) is 2. The van der Waals surface area contributed by atoms with E-state index in [1.54, 1.807) is 36.9 Å². The van der Waals surface area contributed by atoms with Gasteiger partial charge in [-0.25, -0.2) is 0 Å². The molecule has 3 aliphatic carbocycles. The largest absolute Gasteiger partial charge is 0.497 e. The zero-order valence-electron chi connectivity index (χ0n) is 23.0. The van der Waals surface area contributed by atoms with Gasteiger partial charge in [0.15, 0.2) is 0 Å². The minimum atomic E-state index is -0.287. The molecule has 0 saturated carbocycles. The third-order valence-corrected chi connectivity index (χ3v) is 10.9. The number of fused-ring (bicyclic) bond motifs is 11. The van der Waals surface area contributed by atoms with Gasteiger partial charge in [0.25, 0.3) is 0 Å². The summed E-state index contributed by atoms with van der Waals surface area (Å²) in [7, 11) is 3.27. The van der Waals surface area contributed by atoms with E-state index in [1.165, 1.54) is 20.9 Å². The van der Waals surface area contributed by atoms with Crippen LogP contribution in [0.3, 0.4) is 0 Å². The number of carbonyl (C=O) groups excluding carboxylic acids is 2. The van der Waals surface area contributed by atoms with Gasteiger partial charge in [-0.15, -0.1) is 22.7 Å². The van der Waals surface area contributed by atoms with E-state index in [0.717, 1.165) is 56.0 Å². The highest BCUT2D eigenvalue weighted by Gasteiger charge is 2.54. The summed E-state index contributed by atoms with van der Waals surface area (Å²) in [6.45, 7) is 9.14. The molecular weight excluding hydrogens is 524 g/mol. The molecule has 0 N–H and O–H groups in total. The van der Waals surface area contributed by atoms with Crippen LogP contribution in [0.15, 0.2) is 36.4 Å². The highest BCUT2D eigenvalue weighted by Crippen LogP contribution is 2.68. The molecule has 0 radical (unpaired) electrons. The second-order valence-corrected chi connectivity index (χ2v) is 13.8. The lowest BCUT2D eigenvalue weighted by Crippen LogP contribution is -2.30. The van der Waals surface area contributed by atoms with Crippen LogP contribution in [0, 0.1) is 11.8 Å². The van der Waals surface area contributed by atoms with E-state index in [4.69, 9.17) is 9.47 Å². The van der Waals surface area contributed by atoms with Crippen LogP contribution in [-0.2, 0) is 5.41 Å². The lowest BCUT2D eigenvalue weighted by atomic mass is 9.66. The summed E-state index contributed by atoms with van der Waals surface area (Å²) in [6, 6.07) is 11.8. The molecular formula is C33H30O4S2. The Morgan fingerprint density at radius 3 is 1.41 bits per heavy atom. The molecule has 0 saturated heterocycles. The molecule has 6 heteroatoms. The Morgan fingerprint density at radius 2 is 1.05 bits per heavy atom. The van der Waals surface area contributed by atoms with Gasteiger partial charge in [-0.05, 0) is 83.3 Å². The standard InChI is InChI=1S/C33H30O4S2/c1-15(2)13-33(14-16(3)4)25-23-19-9-7-17(36-5)11-21(19)27(34)29(23)38-31(25)32-26(33)24-20-10-8-18(37-6)12-22(20)28(35)30(24)39-32/h7-12,15-16H,13-14H2,1-6H3. The van der Waals surface area contributed by atoms with Gasteiger partial charge in [0, 0.05) is 27.7 Å². The van der Waals surface area contributed by atoms with E-state index >= 15 is 0 Å². The average Bonchev–Trinajstić information content (AvgIpc) is 3.65. The van der Waals surface area contributed by atoms with Crippen molar-refractivity contribution >= 4 is 34.2 Å². The predicted molar refractivity (Wildman–Crippen MR) is 158 cm³/mol. The molecule has 4 aromatic rings. The summed E-state index contributed by atoms with van der Waals surface area (Å²) in [6.07, 6.45) is 1.91. The van der Waals surface area contributed by atoms with Gasteiger partial charge in [-0.1, -0.05) is 27.7 Å². The molecule has 7 rings (SSSR count). The molecule has 3 aliphatic rings. The normalized spacial score (nSPS) is 15.4. The lowest BCUT2D eigenvalue weighted by Gasteiger charge is -2.36. The maximum Gasteiger partial charge on any atom is 0.204 e. The topological polar surface area (TPSA) is 52.6 Å². The Labute approximate surface area is 236 Å². The highest BCUT2D eigenvalue weighted by atomic mass is 32.1. The van der Waals surface area contributed by atoms with Crippen LogP contribution in [0.2, 0.25) is 0 Å². The SMILES string of the molecule is COc1ccc2c(c1)C(=O)c1sc3c(c1-2)C(CC(C)C)(CC(C)C)c1c-3sc2c1-c1ccc(OC)cc1C2=O. The minimum absolute atomic E-state index is 0.0838. The number of hydrogen-bond acceptors (Lipinski definition) is 6. The maximum atomic E-state index is 13.7. The van der Waals surface area contributed by atoms with Gasteiger partial charge in [-0.2, -0.15) is 0 Å². The fourth-order valence-electron chi connectivity index (χ4n) is 7.30. The Bertz CT molecular complexity index is 1600. The van der Waals surface area contributed by atoms with Crippen LogP contribution in [0.1, 0.15) is 82.1 Å². The Hall–Kier alpha value is -3.22. The van der Waals surface area contributed by atoms with Crippen LogP contribution in [0.5, 0.6) is 11.5 Å². The average molecular weight is 555 g/mol. The number of benzene rings is 2. The zero-order chi connectivity index (χ0) is 27.4. The number of ketones is 2. The van der Waals surface area contributed by atoms with Gasteiger partial charge >= 0.3 is 0 Å². The fourth-order valence-corrected chi connectivity index (χ4v) is 10.2. The predicted octanol–water partition coefficient (Wildman–Crippen LogP) is 8.61. The zero-order valence-corrected chi connectivity index (χ0v) is 24.6. The van der Waals surface area contributed by atoms with Crippen molar-refractivity contribution in [1.29, 1.82) is 0 Å². The van der Waals surface area contributed by atoms with E-state index in [-0.39, 0.29) is 17.0 Å². The first kappa shape index (κ1) is 24.8.